The van der Waals surface area contributed by atoms with Gasteiger partial charge in [0.15, 0.2) is 6.10 Å². The van der Waals surface area contributed by atoms with E-state index in [2.05, 4.69) is 27.8 Å². The van der Waals surface area contributed by atoms with Gasteiger partial charge in [-0.05, 0) is 28.9 Å². The maximum atomic E-state index is 13.7. The van der Waals surface area contributed by atoms with Crippen LogP contribution in [0.2, 0.25) is 0 Å². The fourth-order valence-electron chi connectivity index (χ4n) is 1.38. The Kier molecular flexibility index (Phi) is 5.87. The molecule has 0 aromatic heterocycles. The fourth-order valence-corrected chi connectivity index (χ4v) is 2.58. The summed E-state index contributed by atoms with van der Waals surface area (Å²) in [6.45, 7) is 5.19. The van der Waals surface area contributed by atoms with E-state index in [1.165, 1.54) is 13.0 Å². The minimum atomic E-state index is -4.18. The molecule has 0 fully saturated rings. The molecule has 0 saturated heterocycles. The Morgan fingerprint density at radius 2 is 2.24 bits per heavy atom. The van der Waals surface area contributed by atoms with Crippen LogP contribution in [0, 0.1) is 5.82 Å². The van der Waals surface area contributed by atoms with Crippen LogP contribution >= 0.6 is 15.9 Å². The quantitative estimate of drug-likeness (QED) is 0.726. The van der Waals surface area contributed by atoms with E-state index in [1.807, 2.05) is 0 Å². The van der Waals surface area contributed by atoms with E-state index >= 15 is 0 Å². The third-order valence-electron chi connectivity index (χ3n) is 2.39. The van der Waals surface area contributed by atoms with E-state index in [1.54, 1.807) is 0 Å². The largest absolute Gasteiger partial charge is 0.480 e. The number of halogens is 2. The monoisotopic (exact) mass is 380 g/mol. The number of rotatable bonds is 6. The van der Waals surface area contributed by atoms with Gasteiger partial charge in [0, 0.05) is 12.6 Å². The van der Waals surface area contributed by atoms with Crippen LogP contribution in [-0.4, -0.2) is 27.0 Å². The molecule has 1 atom stereocenters. The molecule has 0 radical (unpaired) electrons. The van der Waals surface area contributed by atoms with Crippen LogP contribution in [0.3, 0.4) is 0 Å². The molecule has 9 heteroatoms. The highest BCUT2D eigenvalue weighted by Crippen LogP contribution is 2.30. The second-order valence-corrected chi connectivity index (χ2v) is 6.44. The van der Waals surface area contributed by atoms with Gasteiger partial charge in [-0.1, -0.05) is 6.08 Å². The summed E-state index contributed by atoms with van der Waals surface area (Å²) in [5.41, 5.74) is 0. The number of nitrogens with one attached hydrogen (secondary N) is 1. The Labute approximate surface area is 130 Å². The number of hydrogen-bond acceptors (Lipinski definition) is 4. The standard InChI is InChI=1S/C12H14BrFN2O4S/c1-3-4-16-12(17)7(2)20-10-6-9(14)11(5-8(10)13)21(15,18)19/h3,5-7H,1,4H2,2H3,(H,16,17)(H2,15,18,19). The molecule has 21 heavy (non-hydrogen) atoms. The number of sulfonamides is 1. The highest BCUT2D eigenvalue weighted by molar-refractivity contribution is 9.10. The van der Waals surface area contributed by atoms with Crippen LogP contribution in [0.25, 0.3) is 0 Å². The van der Waals surface area contributed by atoms with Crippen molar-refractivity contribution < 1.29 is 22.3 Å². The molecule has 0 aliphatic carbocycles. The Balaban J connectivity index is 2.98. The number of ether oxygens (including phenoxy) is 1. The molecule has 1 aromatic carbocycles. The lowest BCUT2D eigenvalue weighted by Crippen LogP contribution is -2.36. The van der Waals surface area contributed by atoms with Gasteiger partial charge in [-0.25, -0.2) is 17.9 Å². The van der Waals surface area contributed by atoms with E-state index in [0.717, 1.165) is 12.1 Å². The predicted molar refractivity (Wildman–Crippen MR) is 78.8 cm³/mol. The third-order valence-corrected chi connectivity index (χ3v) is 3.93. The van der Waals surface area contributed by atoms with Gasteiger partial charge in [0.2, 0.25) is 10.0 Å². The van der Waals surface area contributed by atoms with E-state index in [4.69, 9.17) is 9.88 Å². The average molecular weight is 381 g/mol. The molecular formula is C12H14BrFN2O4S. The van der Waals surface area contributed by atoms with Gasteiger partial charge in [-0.2, -0.15) is 0 Å². The maximum absolute atomic E-state index is 13.7. The second kappa shape index (κ2) is 7.01. The molecule has 1 unspecified atom stereocenters. The minimum Gasteiger partial charge on any atom is -0.480 e. The lowest BCUT2D eigenvalue weighted by Gasteiger charge is -2.16. The molecule has 1 amide bonds. The number of primary sulfonamides is 1. The molecule has 1 rings (SSSR count). The summed E-state index contributed by atoms with van der Waals surface area (Å²) < 4.78 is 41.5. The van der Waals surface area contributed by atoms with E-state index in [-0.39, 0.29) is 16.8 Å². The molecule has 6 nitrogen and oxygen atoms in total. The predicted octanol–water partition coefficient (Wildman–Crippen LogP) is 1.31. The van der Waals surface area contributed by atoms with E-state index < -0.39 is 32.7 Å². The molecule has 0 aliphatic rings. The van der Waals surface area contributed by atoms with Gasteiger partial charge >= 0.3 is 0 Å². The molecule has 0 bridgehead atoms. The summed E-state index contributed by atoms with van der Waals surface area (Å²) in [4.78, 5) is 11.0. The molecule has 0 saturated carbocycles. The molecule has 1 aromatic rings. The van der Waals surface area contributed by atoms with Crippen molar-refractivity contribution in [3.05, 3.63) is 35.1 Å². The van der Waals surface area contributed by atoms with Crippen molar-refractivity contribution in [2.45, 2.75) is 17.9 Å². The topological polar surface area (TPSA) is 98.5 Å². The number of nitrogens with two attached hydrogens (primary N) is 1. The minimum absolute atomic E-state index is 0.0128. The highest BCUT2D eigenvalue weighted by Gasteiger charge is 2.20. The van der Waals surface area contributed by atoms with Gasteiger partial charge in [0.05, 0.1) is 4.47 Å². The van der Waals surface area contributed by atoms with Crippen LogP contribution in [0.1, 0.15) is 6.92 Å². The van der Waals surface area contributed by atoms with Crippen molar-refractivity contribution in [3.8, 4) is 5.75 Å². The number of carbonyl (C=O) groups excluding carboxylic acids is 1. The van der Waals surface area contributed by atoms with Gasteiger partial charge in [-0.15, -0.1) is 6.58 Å². The van der Waals surface area contributed by atoms with Crippen LogP contribution < -0.4 is 15.2 Å². The lowest BCUT2D eigenvalue weighted by atomic mass is 10.3. The van der Waals surface area contributed by atoms with E-state index in [9.17, 15) is 17.6 Å². The van der Waals surface area contributed by atoms with Crippen LogP contribution in [0.15, 0.2) is 34.2 Å². The summed E-state index contributed by atoms with van der Waals surface area (Å²) in [6.07, 6.45) is 0.599. The Bertz CT molecular complexity index is 663. The zero-order valence-corrected chi connectivity index (χ0v) is 13.5. The molecule has 0 aliphatic heterocycles. The normalized spacial score (nSPS) is 12.6. The Hall–Kier alpha value is -1.45. The second-order valence-electron chi connectivity index (χ2n) is 4.05. The van der Waals surface area contributed by atoms with Crippen molar-refractivity contribution >= 4 is 31.9 Å². The van der Waals surface area contributed by atoms with Gasteiger partial charge in [-0.3, -0.25) is 4.79 Å². The summed E-state index contributed by atoms with van der Waals surface area (Å²) in [5.74, 6) is -1.49. The first-order valence-electron chi connectivity index (χ1n) is 5.74. The smallest absolute Gasteiger partial charge is 0.261 e. The SMILES string of the molecule is C=CCNC(=O)C(C)Oc1cc(F)c(S(N)(=O)=O)cc1Br. The zero-order valence-electron chi connectivity index (χ0n) is 11.1. The molecule has 116 valence electrons. The zero-order chi connectivity index (χ0) is 16.2. The van der Waals surface area contributed by atoms with Crippen LogP contribution in [0.4, 0.5) is 4.39 Å². The molecule has 0 heterocycles. The number of hydrogen-bond donors (Lipinski definition) is 2. The van der Waals surface area contributed by atoms with Crippen molar-refractivity contribution in [1.82, 2.24) is 5.32 Å². The number of carbonyl (C=O) groups is 1. The summed E-state index contributed by atoms with van der Waals surface area (Å²) >= 11 is 3.04. The first-order valence-corrected chi connectivity index (χ1v) is 8.08. The Morgan fingerprint density at radius 1 is 1.62 bits per heavy atom. The van der Waals surface area contributed by atoms with Crippen molar-refractivity contribution in [2.75, 3.05) is 6.54 Å². The van der Waals surface area contributed by atoms with Crippen LogP contribution in [0.5, 0.6) is 5.75 Å². The van der Waals surface area contributed by atoms with Gasteiger partial charge in [0.1, 0.15) is 16.5 Å². The third kappa shape index (κ3) is 4.80. The average Bonchev–Trinajstić information content (AvgIpc) is 2.38. The molecule has 0 spiro atoms. The van der Waals surface area contributed by atoms with Crippen molar-refractivity contribution in [2.24, 2.45) is 5.14 Å². The highest BCUT2D eigenvalue weighted by atomic mass is 79.9. The summed E-state index contributed by atoms with van der Waals surface area (Å²) in [5, 5.41) is 7.39. The first kappa shape index (κ1) is 17.6. The number of benzene rings is 1. The van der Waals surface area contributed by atoms with Crippen molar-refractivity contribution in [3.63, 3.8) is 0 Å². The van der Waals surface area contributed by atoms with Gasteiger partial charge < -0.3 is 10.1 Å². The summed E-state index contributed by atoms with van der Waals surface area (Å²) in [7, 11) is -4.18. The molecule has 3 N–H and O–H groups in total. The van der Waals surface area contributed by atoms with Crippen LogP contribution in [-0.2, 0) is 14.8 Å². The maximum Gasteiger partial charge on any atom is 0.261 e. The lowest BCUT2D eigenvalue weighted by molar-refractivity contribution is -0.127. The fraction of sp³-hybridized carbons (Fsp3) is 0.250. The van der Waals surface area contributed by atoms with Crippen molar-refractivity contribution in [1.29, 1.82) is 0 Å². The summed E-state index contributed by atoms with van der Waals surface area (Å²) in [6, 6.07) is 1.83. The van der Waals surface area contributed by atoms with Gasteiger partial charge in [0.25, 0.3) is 5.91 Å². The first-order chi connectivity index (χ1) is 9.66. The van der Waals surface area contributed by atoms with E-state index in [0.29, 0.717) is 0 Å². The molecular weight excluding hydrogens is 367 g/mol. The number of amides is 1. The Morgan fingerprint density at radius 3 is 2.76 bits per heavy atom.